The van der Waals surface area contributed by atoms with Crippen molar-refractivity contribution in [2.75, 3.05) is 13.1 Å². The predicted octanol–water partition coefficient (Wildman–Crippen LogP) is 3.43. The average Bonchev–Trinajstić information content (AvgIpc) is 3.08. The molecule has 1 aromatic carbocycles. The predicted molar refractivity (Wildman–Crippen MR) is 92.0 cm³/mol. The third-order valence-corrected chi connectivity index (χ3v) is 5.20. The van der Waals surface area contributed by atoms with Crippen LogP contribution in [0.3, 0.4) is 0 Å². The summed E-state index contributed by atoms with van der Waals surface area (Å²) in [5, 5.41) is 5.17. The molecule has 1 amide bonds. The largest absolute Gasteiger partial charge is 0.352 e. The fourth-order valence-corrected chi connectivity index (χ4v) is 4.04. The smallest absolute Gasteiger partial charge is 0.217 e. The standard InChI is InChI=1S/C18H22N2OS/c1-13-7-9-22-18(13)16-5-3-4-15(10-16)11-20-8-6-17(12-20)19-14(2)21/h3-5,7,9-10,17H,6,8,11-12H2,1-2H3,(H,19,21). The monoisotopic (exact) mass is 314 g/mol. The van der Waals surface area contributed by atoms with E-state index in [4.69, 9.17) is 0 Å². The third kappa shape index (κ3) is 3.57. The molecule has 3 rings (SSSR count). The lowest BCUT2D eigenvalue weighted by molar-refractivity contribution is -0.119. The Balaban J connectivity index is 1.67. The first-order valence-electron chi connectivity index (χ1n) is 7.74. The van der Waals surface area contributed by atoms with Gasteiger partial charge in [-0.1, -0.05) is 18.2 Å². The number of benzene rings is 1. The molecule has 0 bridgehead atoms. The zero-order chi connectivity index (χ0) is 15.5. The van der Waals surface area contributed by atoms with Crippen LogP contribution in [-0.4, -0.2) is 29.9 Å². The van der Waals surface area contributed by atoms with Crippen molar-refractivity contribution >= 4 is 17.2 Å². The van der Waals surface area contributed by atoms with Crippen molar-refractivity contribution in [2.24, 2.45) is 0 Å². The first kappa shape index (κ1) is 15.3. The van der Waals surface area contributed by atoms with Crippen LogP contribution >= 0.6 is 11.3 Å². The summed E-state index contributed by atoms with van der Waals surface area (Å²) in [7, 11) is 0. The number of amides is 1. The molecule has 0 aliphatic carbocycles. The first-order valence-corrected chi connectivity index (χ1v) is 8.62. The number of nitrogens with one attached hydrogen (secondary N) is 1. The van der Waals surface area contributed by atoms with Crippen LogP contribution in [-0.2, 0) is 11.3 Å². The van der Waals surface area contributed by atoms with Crippen molar-refractivity contribution in [1.82, 2.24) is 10.2 Å². The van der Waals surface area contributed by atoms with Gasteiger partial charge in [-0.2, -0.15) is 0 Å². The van der Waals surface area contributed by atoms with Crippen LogP contribution in [0.4, 0.5) is 0 Å². The number of likely N-dealkylation sites (tertiary alicyclic amines) is 1. The number of hydrogen-bond donors (Lipinski definition) is 1. The van der Waals surface area contributed by atoms with Crippen LogP contribution < -0.4 is 5.32 Å². The fourth-order valence-electron chi connectivity index (χ4n) is 3.12. The summed E-state index contributed by atoms with van der Waals surface area (Å²) in [6.45, 7) is 6.70. The van der Waals surface area contributed by atoms with E-state index in [1.165, 1.54) is 21.6 Å². The van der Waals surface area contributed by atoms with E-state index in [0.29, 0.717) is 6.04 Å². The number of carbonyl (C=O) groups is 1. The number of thiophene rings is 1. The van der Waals surface area contributed by atoms with Crippen LogP contribution in [0.2, 0.25) is 0 Å². The molecule has 1 aliphatic rings. The van der Waals surface area contributed by atoms with Crippen molar-refractivity contribution in [3.63, 3.8) is 0 Å². The molecule has 1 aromatic heterocycles. The number of rotatable bonds is 4. The molecular formula is C18H22N2OS. The topological polar surface area (TPSA) is 32.3 Å². The number of nitrogens with zero attached hydrogens (tertiary/aromatic N) is 1. The van der Waals surface area contributed by atoms with Gasteiger partial charge in [-0.3, -0.25) is 9.69 Å². The van der Waals surface area contributed by atoms with Crippen LogP contribution in [0.1, 0.15) is 24.5 Å². The molecular weight excluding hydrogens is 292 g/mol. The highest BCUT2D eigenvalue weighted by Gasteiger charge is 2.22. The summed E-state index contributed by atoms with van der Waals surface area (Å²) >= 11 is 1.80. The molecule has 3 nitrogen and oxygen atoms in total. The minimum Gasteiger partial charge on any atom is -0.352 e. The SMILES string of the molecule is CC(=O)NC1CCN(Cc2cccc(-c3sccc3C)c2)C1. The van der Waals surface area contributed by atoms with E-state index in [9.17, 15) is 4.79 Å². The van der Waals surface area contributed by atoms with Crippen LogP contribution in [0, 0.1) is 6.92 Å². The second-order valence-electron chi connectivity index (χ2n) is 6.05. The van der Waals surface area contributed by atoms with E-state index in [2.05, 4.69) is 52.9 Å². The van der Waals surface area contributed by atoms with E-state index >= 15 is 0 Å². The Morgan fingerprint density at radius 2 is 2.27 bits per heavy atom. The van der Waals surface area contributed by atoms with Crippen LogP contribution in [0.25, 0.3) is 10.4 Å². The van der Waals surface area contributed by atoms with Gasteiger partial charge in [0.05, 0.1) is 0 Å². The zero-order valence-electron chi connectivity index (χ0n) is 13.1. The second kappa shape index (κ2) is 6.63. The highest BCUT2D eigenvalue weighted by molar-refractivity contribution is 7.13. The van der Waals surface area contributed by atoms with E-state index in [0.717, 1.165) is 26.1 Å². The molecule has 1 aliphatic heterocycles. The summed E-state index contributed by atoms with van der Waals surface area (Å²) in [4.78, 5) is 14.9. The van der Waals surface area contributed by atoms with Crippen LogP contribution in [0.15, 0.2) is 35.7 Å². The zero-order valence-corrected chi connectivity index (χ0v) is 14.0. The summed E-state index contributed by atoms with van der Waals surface area (Å²) in [5.74, 6) is 0.0713. The van der Waals surface area contributed by atoms with Gasteiger partial charge in [-0.05, 0) is 47.5 Å². The molecule has 1 fully saturated rings. The van der Waals surface area contributed by atoms with Gasteiger partial charge in [-0.25, -0.2) is 0 Å². The van der Waals surface area contributed by atoms with Gasteiger partial charge in [0.15, 0.2) is 0 Å². The van der Waals surface area contributed by atoms with Crippen molar-refractivity contribution < 1.29 is 4.79 Å². The van der Waals surface area contributed by atoms with Crippen molar-refractivity contribution in [1.29, 1.82) is 0 Å². The molecule has 22 heavy (non-hydrogen) atoms. The fraction of sp³-hybridized carbons (Fsp3) is 0.389. The number of hydrogen-bond acceptors (Lipinski definition) is 3. The van der Waals surface area contributed by atoms with Crippen molar-refractivity contribution in [3.8, 4) is 10.4 Å². The van der Waals surface area contributed by atoms with Crippen LogP contribution in [0.5, 0.6) is 0 Å². The second-order valence-corrected chi connectivity index (χ2v) is 6.97. The van der Waals surface area contributed by atoms with E-state index in [-0.39, 0.29) is 5.91 Å². The Morgan fingerprint density at radius 1 is 1.41 bits per heavy atom. The Hall–Kier alpha value is -1.65. The summed E-state index contributed by atoms with van der Waals surface area (Å²) in [6, 6.07) is 11.3. The third-order valence-electron chi connectivity index (χ3n) is 4.14. The molecule has 1 atom stereocenters. The average molecular weight is 314 g/mol. The lowest BCUT2D eigenvalue weighted by Crippen LogP contribution is -2.35. The molecule has 116 valence electrons. The molecule has 4 heteroatoms. The summed E-state index contributed by atoms with van der Waals surface area (Å²) in [6.07, 6.45) is 1.04. The summed E-state index contributed by atoms with van der Waals surface area (Å²) in [5.41, 5.74) is 3.99. The Bertz CT molecular complexity index is 665. The minimum atomic E-state index is 0.0713. The molecule has 0 saturated carbocycles. The van der Waals surface area contributed by atoms with Gasteiger partial charge in [0.25, 0.3) is 0 Å². The van der Waals surface area contributed by atoms with Crippen molar-refractivity contribution in [2.45, 2.75) is 32.9 Å². The van der Waals surface area contributed by atoms with Crippen molar-refractivity contribution in [3.05, 3.63) is 46.8 Å². The maximum absolute atomic E-state index is 11.1. The highest BCUT2D eigenvalue weighted by Crippen LogP contribution is 2.29. The van der Waals surface area contributed by atoms with E-state index in [1.807, 2.05) is 0 Å². The minimum absolute atomic E-state index is 0.0713. The van der Waals surface area contributed by atoms with Gasteiger partial charge in [-0.15, -0.1) is 11.3 Å². The summed E-state index contributed by atoms with van der Waals surface area (Å²) < 4.78 is 0. The lowest BCUT2D eigenvalue weighted by atomic mass is 10.1. The molecule has 1 unspecified atom stereocenters. The lowest BCUT2D eigenvalue weighted by Gasteiger charge is -2.17. The quantitative estimate of drug-likeness (QED) is 0.937. The highest BCUT2D eigenvalue weighted by atomic mass is 32.1. The van der Waals surface area contributed by atoms with Gasteiger partial charge in [0.2, 0.25) is 5.91 Å². The molecule has 0 radical (unpaired) electrons. The molecule has 2 aromatic rings. The van der Waals surface area contributed by atoms with E-state index in [1.54, 1.807) is 18.3 Å². The van der Waals surface area contributed by atoms with Gasteiger partial charge in [0.1, 0.15) is 0 Å². The Labute approximate surface area is 136 Å². The maximum atomic E-state index is 11.1. The number of aryl methyl sites for hydroxylation is 1. The normalized spacial score (nSPS) is 18.5. The van der Waals surface area contributed by atoms with Gasteiger partial charge < -0.3 is 5.32 Å². The molecule has 0 spiro atoms. The van der Waals surface area contributed by atoms with Gasteiger partial charge >= 0.3 is 0 Å². The molecule has 2 heterocycles. The molecule has 1 saturated heterocycles. The Kier molecular flexibility index (Phi) is 4.60. The van der Waals surface area contributed by atoms with E-state index < -0.39 is 0 Å². The molecule has 1 N–H and O–H groups in total. The number of carbonyl (C=O) groups excluding carboxylic acids is 1. The Morgan fingerprint density at radius 3 is 3.00 bits per heavy atom. The maximum Gasteiger partial charge on any atom is 0.217 e. The van der Waals surface area contributed by atoms with Gasteiger partial charge in [0, 0.05) is 37.5 Å². The first-order chi connectivity index (χ1) is 10.6.